The van der Waals surface area contributed by atoms with E-state index in [0.717, 1.165) is 18.6 Å². The Labute approximate surface area is 69.6 Å². The fraction of sp³-hybridized carbons (Fsp3) is 0.667. The van der Waals surface area contributed by atoms with Crippen molar-refractivity contribution >= 4 is 5.71 Å². The van der Waals surface area contributed by atoms with Crippen molar-refractivity contribution in [1.29, 1.82) is 0 Å². The van der Waals surface area contributed by atoms with Crippen LogP contribution in [0.4, 0.5) is 0 Å². The van der Waals surface area contributed by atoms with Gasteiger partial charge in [0, 0.05) is 14.1 Å². The molecule has 0 aromatic carbocycles. The summed E-state index contributed by atoms with van der Waals surface area (Å²) in [5.74, 6) is 0. The number of hydrogen-bond donors (Lipinski definition) is 0. The van der Waals surface area contributed by atoms with Crippen LogP contribution in [0.1, 0.15) is 26.7 Å². The molecule has 0 fully saturated rings. The molecule has 64 valence electrons. The van der Waals surface area contributed by atoms with Crippen molar-refractivity contribution in [3.8, 4) is 0 Å². The minimum atomic E-state index is 0.995. The molecule has 0 radical (unpaired) electrons. The lowest BCUT2D eigenvalue weighted by molar-refractivity contribution is 0.437. The number of hydrogen-bond acceptors (Lipinski definition) is 2. The van der Waals surface area contributed by atoms with E-state index in [1.807, 2.05) is 19.1 Å². The highest BCUT2D eigenvalue weighted by Crippen LogP contribution is 1.92. The summed E-state index contributed by atoms with van der Waals surface area (Å²) >= 11 is 0. The molecule has 2 heteroatoms. The molecule has 0 amide bonds. The number of rotatable bonds is 4. The van der Waals surface area contributed by atoms with Gasteiger partial charge in [-0.3, -0.25) is 0 Å². The Bertz CT molecular complexity index is 146. The molecule has 0 unspecified atom stereocenters. The molecule has 0 aliphatic heterocycles. The normalized spacial score (nSPS) is 12.5. The molecule has 0 aliphatic rings. The van der Waals surface area contributed by atoms with Crippen LogP contribution in [0.3, 0.4) is 0 Å². The van der Waals surface area contributed by atoms with Gasteiger partial charge < -0.3 is 5.01 Å². The molecule has 0 rings (SSSR count). The highest BCUT2D eigenvalue weighted by molar-refractivity contribution is 5.94. The first-order chi connectivity index (χ1) is 5.20. The van der Waals surface area contributed by atoms with Crippen LogP contribution >= 0.6 is 0 Å². The first kappa shape index (κ1) is 10.2. The van der Waals surface area contributed by atoms with Crippen LogP contribution in [0.15, 0.2) is 17.3 Å². The number of hydrazone groups is 1. The Morgan fingerprint density at radius 2 is 2.00 bits per heavy atom. The SMILES string of the molecule is CC/C=C\C(CC)=N\N(C)C. The zero-order chi connectivity index (χ0) is 8.69. The van der Waals surface area contributed by atoms with Crippen molar-refractivity contribution in [2.24, 2.45) is 5.10 Å². The maximum absolute atomic E-state index is 4.30. The predicted molar refractivity (Wildman–Crippen MR) is 50.8 cm³/mol. The van der Waals surface area contributed by atoms with Crippen LogP contribution in [0, 0.1) is 0 Å². The lowest BCUT2D eigenvalue weighted by Crippen LogP contribution is -2.06. The summed E-state index contributed by atoms with van der Waals surface area (Å²) in [6.07, 6.45) is 6.28. The van der Waals surface area contributed by atoms with Crippen LogP contribution in [0.2, 0.25) is 0 Å². The van der Waals surface area contributed by atoms with Gasteiger partial charge in [0.25, 0.3) is 0 Å². The zero-order valence-corrected chi connectivity index (χ0v) is 7.96. The Balaban J connectivity index is 4.04. The maximum Gasteiger partial charge on any atom is 0.0599 e. The summed E-state index contributed by atoms with van der Waals surface area (Å²) in [4.78, 5) is 0. The van der Waals surface area contributed by atoms with Gasteiger partial charge in [0.05, 0.1) is 5.71 Å². The molecule has 0 saturated heterocycles. The van der Waals surface area contributed by atoms with Gasteiger partial charge in [-0.25, -0.2) is 0 Å². The molecule has 0 saturated carbocycles. The molecule has 0 N–H and O–H groups in total. The molecular weight excluding hydrogens is 136 g/mol. The lowest BCUT2D eigenvalue weighted by atomic mass is 10.2. The zero-order valence-electron chi connectivity index (χ0n) is 7.96. The van der Waals surface area contributed by atoms with Crippen LogP contribution in [-0.2, 0) is 0 Å². The number of allylic oxidation sites excluding steroid dienone is 2. The fourth-order valence-electron chi connectivity index (χ4n) is 0.733. The van der Waals surface area contributed by atoms with E-state index in [-0.39, 0.29) is 0 Å². The lowest BCUT2D eigenvalue weighted by Gasteiger charge is -2.05. The quantitative estimate of drug-likeness (QED) is 0.448. The van der Waals surface area contributed by atoms with Crippen molar-refractivity contribution in [3.63, 3.8) is 0 Å². The smallest absolute Gasteiger partial charge is 0.0599 e. The van der Waals surface area contributed by atoms with E-state index in [1.54, 1.807) is 0 Å². The molecule has 0 aromatic rings. The monoisotopic (exact) mass is 154 g/mol. The van der Waals surface area contributed by atoms with Gasteiger partial charge in [0.2, 0.25) is 0 Å². The van der Waals surface area contributed by atoms with Gasteiger partial charge in [-0.15, -0.1) is 0 Å². The van der Waals surface area contributed by atoms with Crippen molar-refractivity contribution in [2.75, 3.05) is 14.1 Å². The van der Waals surface area contributed by atoms with Crippen LogP contribution in [0.5, 0.6) is 0 Å². The van der Waals surface area contributed by atoms with Crippen LogP contribution in [-0.4, -0.2) is 24.8 Å². The third kappa shape index (κ3) is 5.64. The molecule has 2 nitrogen and oxygen atoms in total. The van der Waals surface area contributed by atoms with Crippen LogP contribution < -0.4 is 0 Å². The highest BCUT2D eigenvalue weighted by atomic mass is 15.4. The van der Waals surface area contributed by atoms with Gasteiger partial charge in [-0.05, 0) is 18.9 Å². The molecule has 11 heavy (non-hydrogen) atoms. The van der Waals surface area contributed by atoms with Gasteiger partial charge >= 0.3 is 0 Å². The minimum absolute atomic E-state index is 0.995. The van der Waals surface area contributed by atoms with Gasteiger partial charge in [0.15, 0.2) is 0 Å². The Morgan fingerprint density at radius 3 is 2.36 bits per heavy atom. The third-order valence-electron chi connectivity index (χ3n) is 1.24. The summed E-state index contributed by atoms with van der Waals surface area (Å²) in [5, 5.41) is 6.13. The third-order valence-corrected chi connectivity index (χ3v) is 1.24. The maximum atomic E-state index is 4.30. The second-order valence-electron chi connectivity index (χ2n) is 2.60. The topological polar surface area (TPSA) is 15.6 Å². The predicted octanol–water partition coefficient (Wildman–Crippen LogP) is 2.28. The largest absolute Gasteiger partial charge is 0.303 e. The Morgan fingerprint density at radius 1 is 1.36 bits per heavy atom. The minimum Gasteiger partial charge on any atom is -0.303 e. The molecule has 0 aromatic heterocycles. The van der Waals surface area contributed by atoms with E-state index in [2.05, 4.69) is 31.1 Å². The van der Waals surface area contributed by atoms with E-state index < -0.39 is 0 Å². The number of nitrogens with zero attached hydrogens (tertiary/aromatic N) is 2. The summed E-state index contributed by atoms with van der Waals surface area (Å²) in [7, 11) is 3.88. The summed E-state index contributed by atoms with van der Waals surface area (Å²) in [5.41, 5.74) is 1.14. The average Bonchev–Trinajstić information content (AvgIpc) is 1.97. The second-order valence-corrected chi connectivity index (χ2v) is 2.60. The standard InChI is InChI=1S/C9H18N2/c1-5-7-8-9(6-2)10-11(3)4/h7-8H,5-6H2,1-4H3/b8-7-,10-9+. The second kappa shape index (κ2) is 5.96. The van der Waals surface area contributed by atoms with Crippen molar-refractivity contribution < 1.29 is 0 Å². The summed E-state index contributed by atoms with van der Waals surface area (Å²) in [6, 6.07) is 0. The van der Waals surface area contributed by atoms with Crippen LogP contribution in [0.25, 0.3) is 0 Å². The van der Waals surface area contributed by atoms with Crippen molar-refractivity contribution in [3.05, 3.63) is 12.2 Å². The molecule has 0 bridgehead atoms. The molecular formula is C9H18N2. The Kier molecular flexibility index (Phi) is 5.53. The van der Waals surface area contributed by atoms with Gasteiger partial charge in [0.1, 0.15) is 0 Å². The first-order valence-electron chi connectivity index (χ1n) is 4.12. The van der Waals surface area contributed by atoms with Crippen molar-refractivity contribution in [2.45, 2.75) is 26.7 Å². The van der Waals surface area contributed by atoms with Crippen molar-refractivity contribution in [1.82, 2.24) is 5.01 Å². The highest BCUT2D eigenvalue weighted by Gasteiger charge is 1.88. The molecule has 0 spiro atoms. The van der Waals surface area contributed by atoms with E-state index in [0.29, 0.717) is 0 Å². The molecule has 0 atom stereocenters. The average molecular weight is 154 g/mol. The Hall–Kier alpha value is -0.790. The fourth-order valence-corrected chi connectivity index (χ4v) is 0.733. The summed E-state index contributed by atoms with van der Waals surface area (Å²) in [6.45, 7) is 4.24. The van der Waals surface area contributed by atoms with E-state index in [9.17, 15) is 0 Å². The van der Waals surface area contributed by atoms with E-state index in [4.69, 9.17) is 0 Å². The van der Waals surface area contributed by atoms with Gasteiger partial charge in [-0.2, -0.15) is 5.10 Å². The van der Waals surface area contributed by atoms with E-state index in [1.165, 1.54) is 0 Å². The van der Waals surface area contributed by atoms with Gasteiger partial charge in [-0.1, -0.05) is 19.9 Å². The molecule has 0 heterocycles. The molecule has 0 aliphatic carbocycles. The van der Waals surface area contributed by atoms with E-state index >= 15 is 0 Å². The first-order valence-corrected chi connectivity index (χ1v) is 4.12. The summed E-state index contributed by atoms with van der Waals surface area (Å²) < 4.78 is 0.